The van der Waals surface area contributed by atoms with Gasteiger partial charge in [-0.25, -0.2) is 4.79 Å². The molecule has 0 spiro atoms. The first-order chi connectivity index (χ1) is 9.72. The topological polar surface area (TPSA) is 104 Å². The SMILES string of the molecule is COCc1noc(CNC(=O)N2CCCC(C#N)C2)n1. The molecule has 2 amide bonds. The van der Waals surface area contributed by atoms with Gasteiger partial charge < -0.3 is 19.5 Å². The van der Waals surface area contributed by atoms with Crippen LogP contribution in [0.15, 0.2) is 4.52 Å². The second-order valence-electron chi connectivity index (χ2n) is 4.61. The molecule has 0 radical (unpaired) electrons. The zero-order valence-corrected chi connectivity index (χ0v) is 11.3. The lowest BCUT2D eigenvalue weighted by atomic mass is 10.0. The van der Waals surface area contributed by atoms with Crippen molar-refractivity contribution in [3.63, 3.8) is 0 Å². The van der Waals surface area contributed by atoms with Gasteiger partial charge in [-0.15, -0.1) is 0 Å². The Morgan fingerprint density at radius 2 is 2.55 bits per heavy atom. The lowest BCUT2D eigenvalue weighted by Gasteiger charge is -2.29. The van der Waals surface area contributed by atoms with Gasteiger partial charge in [0.25, 0.3) is 0 Å². The summed E-state index contributed by atoms with van der Waals surface area (Å²) in [5.41, 5.74) is 0. The van der Waals surface area contributed by atoms with Crippen LogP contribution in [0.25, 0.3) is 0 Å². The van der Waals surface area contributed by atoms with E-state index >= 15 is 0 Å². The summed E-state index contributed by atoms with van der Waals surface area (Å²) in [6.07, 6.45) is 1.70. The second kappa shape index (κ2) is 6.86. The van der Waals surface area contributed by atoms with E-state index < -0.39 is 0 Å². The smallest absolute Gasteiger partial charge is 0.317 e. The van der Waals surface area contributed by atoms with E-state index in [1.807, 2.05) is 0 Å². The number of nitrogens with zero attached hydrogens (tertiary/aromatic N) is 4. The standard InChI is InChI=1S/C12H17N5O3/c1-19-8-10-15-11(20-16-10)6-14-12(18)17-4-2-3-9(5-13)7-17/h9H,2-4,6-8H2,1H3,(H,14,18). The number of urea groups is 1. The Morgan fingerprint density at radius 1 is 1.70 bits per heavy atom. The number of methoxy groups -OCH3 is 1. The van der Waals surface area contributed by atoms with Crippen LogP contribution in [-0.4, -0.2) is 41.3 Å². The van der Waals surface area contributed by atoms with Gasteiger partial charge in [-0.3, -0.25) is 0 Å². The van der Waals surface area contributed by atoms with Crippen molar-refractivity contribution in [3.8, 4) is 6.07 Å². The number of hydrogen-bond donors (Lipinski definition) is 1. The van der Waals surface area contributed by atoms with E-state index in [-0.39, 0.29) is 25.1 Å². The van der Waals surface area contributed by atoms with E-state index in [1.165, 1.54) is 0 Å². The predicted octanol–water partition coefficient (Wildman–Crippen LogP) is 0.661. The molecule has 0 aliphatic carbocycles. The minimum atomic E-state index is -0.212. The highest BCUT2D eigenvalue weighted by atomic mass is 16.5. The number of amides is 2. The van der Waals surface area contributed by atoms with Crippen molar-refractivity contribution in [3.05, 3.63) is 11.7 Å². The molecule has 1 aromatic rings. The van der Waals surface area contributed by atoms with Crippen molar-refractivity contribution in [2.24, 2.45) is 5.92 Å². The Hall–Kier alpha value is -2.14. The van der Waals surface area contributed by atoms with Crippen LogP contribution in [0.1, 0.15) is 24.6 Å². The Labute approximate surface area is 116 Å². The number of nitrogens with one attached hydrogen (secondary N) is 1. The first-order valence-electron chi connectivity index (χ1n) is 6.45. The van der Waals surface area contributed by atoms with E-state index in [4.69, 9.17) is 14.5 Å². The molecule has 1 fully saturated rings. The van der Waals surface area contributed by atoms with Gasteiger partial charge in [0.1, 0.15) is 6.61 Å². The van der Waals surface area contributed by atoms with Gasteiger partial charge in [-0.2, -0.15) is 10.2 Å². The summed E-state index contributed by atoms with van der Waals surface area (Å²) in [6.45, 7) is 1.58. The van der Waals surface area contributed by atoms with Gasteiger partial charge in [0.2, 0.25) is 5.89 Å². The number of aromatic nitrogens is 2. The van der Waals surface area contributed by atoms with E-state index in [0.29, 0.717) is 24.8 Å². The number of piperidine rings is 1. The van der Waals surface area contributed by atoms with Crippen LogP contribution in [0.3, 0.4) is 0 Å². The number of carbonyl (C=O) groups is 1. The molecule has 8 nitrogen and oxygen atoms in total. The van der Waals surface area contributed by atoms with Crippen LogP contribution < -0.4 is 5.32 Å². The van der Waals surface area contributed by atoms with Gasteiger partial charge in [0, 0.05) is 20.2 Å². The zero-order valence-electron chi connectivity index (χ0n) is 11.3. The van der Waals surface area contributed by atoms with Crippen molar-refractivity contribution in [1.29, 1.82) is 5.26 Å². The normalized spacial score (nSPS) is 18.6. The van der Waals surface area contributed by atoms with Crippen molar-refractivity contribution in [1.82, 2.24) is 20.4 Å². The molecule has 0 aromatic carbocycles. The summed E-state index contributed by atoms with van der Waals surface area (Å²) in [5.74, 6) is 0.699. The van der Waals surface area contributed by atoms with Gasteiger partial charge in [0.05, 0.1) is 18.5 Å². The number of carbonyl (C=O) groups excluding carboxylic acids is 1. The number of nitriles is 1. The van der Waals surface area contributed by atoms with Crippen molar-refractivity contribution in [2.45, 2.75) is 26.0 Å². The minimum absolute atomic E-state index is 0.0776. The number of ether oxygens (including phenoxy) is 1. The average Bonchev–Trinajstić information content (AvgIpc) is 2.93. The van der Waals surface area contributed by atoms with Crippen LogP contribution in [0.2, 0.25) is 0 Å². The van der Waals surface area contributed by atoms with E-state index in [9.17, 15) is 4.79 Å². The summed E-state index contributed by atoms with van der Waals surface area (Å²) in [5, 5.41) is 15.3. The summed E-state index contributed by atoms with van der Waals surface area (Å²) in [4.78, 5) is 17.7. The second-order valence-corrected chi connectivity index (χ2v) is 4.61. The lowest BCUT2D eigenvalue weighted by Crippen LogP contribution is -2.45. The monoisotopic (exact) mass is 279 g/mol. The summed E-state index contributed by atoms with van der Waals surface area (Å²) in [6, 6.07) is 1.99. The molecule has 0 saturated carbocycles. The quantitative estimate of drug-likeness (QED) is 0.868. The first-order valence-corrected chi connectivity index (χ1v) is 6.45. The Morgan fingerprint density at radius 3 is 3.30 bits per heavy atom. The first kappa shape index (κ1) is 14.3. The third-order valence-electron chi connectivity index (χ3n) is 3.07. The molecule has 1 aliphatic heterocycles. The fourth-order valence-electron chi connectivity index (χ4n) is 2.08. The van der Waals surface area contributed by atoms with Gasteiger partial charge in [0.15, 0.2) is 5.82 Å². The maximum atomic E-state index is 12.0. The molecule has 1 aromatic heterocycles. The maximum Gasteiger partial charge on any atom is 0.317 e. The van der Waals surface area contributed by atoms with Crippen molar-refractivity contribution in [2.75, 3.05) is 20.2 Å². The molecular weight excluding hydrogens is 262 g/mol. The minimum Gasteiger partial charge on any atom is -0.377 e. The molecule has 108 valence electrons. The molecule has 1 unspecified atom stereocenters. The van der Waals surface area contributed by atoms with Crippen LogP contribution in [0.5, 0.6) is 0 Å². The molecule has 2 heterocycles. The molecule has 20 heavy (non-hydrogen) atoms. The molecule has 8 heteroatoms. The lowest BCUT2D eigenvalue weighted by molar-refractivity contribution is 0.173. The Bertz CT molecular complexity index is 496. The summed E-state index contributed by atoms with van der Waals surface area (Å²) >= 11 is 0. The Kier molecular flexibility index (Phi) is 4.90. The van der Waals surface area contributed by atoms with Crippen molar-refractivity contribution < 1.29 is 14.1 Å². The molecule has 2 rings (SSSR count). The fraction of sp³-hybridized carbons (Fsp3) is 0.667. The highest BCUT2D eigenvalue weighted by Gasteiger charge is 2.23. The van der Waals surface area contributed by atoms with E-state index in [0.717, 1.165) is 12.8 Å². The Balaban J connectivity index is 1.80. The largest absolute Gasteiger partial charge is 0.377 e. The van der Waals surface area contributed by atoms with E-state index in [1.54, 1.807) is 12.0 Å². The van der Waals surface area contributed by atoms with Gasteiger partial charge in [-0.05, 0) is 12.8 Å². The molecule has 0 bridgehead atoms. The van der Waals surface area contributed by atoms with E-state index in [2.05, 4.69) is 21.5 Å². The molecule has 1 N–H and O–H groups in total. The third-order valence-corrected chi connectivity index (χ3v) is 3.07. The van der Waals surface area contributed by atoms with Crippen LogP contribution >= 0.6 is 0 Å². The number of rotatable bonds is 4. The molecular formula is C12H17N5O3. The summed E-state index contributed by atoms with van der Waals surface area (Å²) in [7, 11) is 1.54. The molecule has 1 saturated heterocycles. The van der Waals surface area contributed by atoms with Crippen LogP contribution in [0, 0.1) is 17.2 Å². The van der Waals surface area contributed by atoms with Crippen molar-refractivity contribution >= 4 is 6.03 Å². The summed E-state index contributed by atoms with van der Waals surface area (Å²) < 4.78 is 9.85. The molecule has 1 aliphatic rings. The maximum absolute atomic E-state index is 12.0. The zero-order chi connectivity index (χ0) is 14.4. The van der Waals surface area contributed by atoms with Gasteiger partial charge in [-0.1, -0.05) is 5.16 Å². The predicted molar refractivity (Wildman–Crippen MR) is 67.2 cm³/mol. The van der Waals surface area contributed by atoms with Gasteiger partial charge >= 0.3 is 6.03 Å². The number of likely N-dealkylation sites (tertiary alicyclic amines) is 1. The molecule has 1 atom stereocenters. The highest BCUT2D eigenvalue weighted by Crippen LogP contribution is 2.15. The average molecular weight is 279 g/mol. The number of hydrogen-bond acceptors (Lipinski definition) is 6. The van der Waals surface area contributed by atoms with Crippen LogP contribution in [-0.2, 0) is 17.9 Å². The van der Waals surface area contributed by atoms with Crippen LogP contribution in [0.4, 0.5) is 4.79 Å². The fourth-order valence-corrected chi connectivity index (χ4v) is 2.08. The third kappa shape index (κ3) is 3.68. The highest BCUT2D eigenvalue weighted by molar-refractivity contribution is 5.74.